The minimum atomic E-state index is -4.02. The Morgan fingerprint density at radius 3 is 2.23 bits per heavy atom. The molecule has 2 N–H and O–H groups in total. The van der Waals surface area contributed by atoms with Crippen LogP contribution >= 0.6 is 0 Å². The molecule has 1 rings (SSSR count). The highest BCUT2D eigenvalue weighted by Gasteiger charge is 2.12. The summed E-state index contributed by atoms with van der Waals surface area (Å²) in [6.07, 6.45) is 5.98. The number of hydrogen-bond donors (Lipinski definition) is 2. The van der Waals surface area contributed by atoms with E-state index >= 15 is 0 Å². The molecule has 0 amide bonds. The maximum atomic E-state index is 11.0. The predicted octanol–water partition coefficient (Wildman–Crippen LogP) is 3.28. The molecule has 0 heterocycles. The van der Waals surface area contributed by atoms with E-state index in [0.717, 1.165) is 16.9 Å². The van der Waals surface area contributed by atoms with Crippen molar-refractivity contribution in [1.82, 2.24) is 0 Å². The number of rotatable bonds is 12. The molecule has 0 aliphatic rings. The van der Waals surface area contributed by atoms with Crippen molar-refractivity contribution in [3.63, 3.8) is 0 Å². The number of para-hydroxylation sites is 1. The van der Waals surface area contributed by atoms with E-state index in [2.05, 4.69) is 4.99 Å². The maximum Gasteiger partial charge on any atom is 0.264 e. The van der Waals surface area contributed by atoms with Gasteiger partial charge in [-0.25, -0.2) is 0 Å². The van der Waals surface area contributed by atoms with Gasteiger partial charge in [-0.15, -0.1) is 0 Å². The fourth-order valence-electron chi connectivity index (χ4n) is 2.73. The molecule has 168 valence electrons. The lowest BCUT2D eigenvalue weighted by Crippen LogP contribution is -2.25. The van der Waals surface area contributed by atoms with Gasteiger partial charge in [0.25, 0.3) is 20.2 Å². The smallest absolute Gasteiger partial charge is 0.264 e. The average molecular weight is 459 g/mol. The van der Waals surface area contributed by atoms with Gasteiger partial charge in [0.15, 0.2) is 0 Å². The molecule has 1 aromatic rings. The lowest BCUT2D eigenvalue weighted by molar-refractivity contribution is 0.479. The minimum Gasteiger partial charge on any atom is -0.345 e. The van der Waals surface area contributed by atoms with Gasteiger partial charge in [-0.1, -0.05) is 24.3 Å². The zero-order valence-electron chi connectivity index (χ0n) is 17.5. The van der Waals surface area contributed by atoms with Crippen LogP contribution < -0.4 is 4.90 Å². The third kappa shape index (κ3) is 11.2. The summed E-state index contributed by atoms with van der Waals surface area (Å²) in [6.45, 7) is 6.38. The Balaban J connectivity index is 2.86. The number of anilines is 1. The van der Waals surface area contributed by atoms with Crippen LogP contribution in [0.3, 0.4) is 0 Å². The van der Waals surface area contributed by atoms with Gasteiger partial charge in [-0.3, -0.25) is 14.1 Å². The molecular weight excluding hydrogens is 428 g/mol. The molecule has 0 aromatic heterocycles. The lowest BCUT2D eigenvalue weighted by atomic mass is 10.1. The molecule has 0 radical (unpaired) electrons. The molecule has 0 saturated carbocycles. The highest BCUT2D eigenvalue weighted by molar-refractivity contribution is 7.86. The zero-order chi connectivity index (χ0) is 22.8. The molecule has 0 bridgehead atoms. The fourth-order valence-corrected chi connectivity index (χ4v) is 3.72. The molecule has 0 aliphatic carbocycles. The molecule has 0 fully saturated rings. The van der Waals surface area contributed by atoms with Gasteiger partial charge >= 0.3 is 0 Å². The van der Waals surface area contributed by atoms with Crippen molar-refractivity contribution >= 4 is 31.6 Å². The van der Waals surface area contributed by atoms with Crippen molar-refractivity contribution in [3.8, 4) is 0 Å². The third-order valence-electron chi connectivity index (χ3n) is 4.21. The van der Waals surface area contributed by atoms with Gasteiger partial charge in [0, 0.05) is 30.2 Å². The number of nitrogens with zero attached hydrogens (tertiary/aromatic N) is 2. The van der Waals surface area contributed by atoms with Gasteiger partial charge in [-0.05, 0) is 57.4 Å². The highest BCUT2D eigenvalue weighted by atomic mass is 32.2. The lowest BCUT2D eigenvalue weighted by Gasteiger charge is -2.27. The van der Waals surface area contributed by atoms with Crippen LogP contribution in [0.1, 0.15) is 32.3 Å². The van der Waals surface area contributed by atoms with Crippen LogP contribution in [0.4, 0.5) is 5.69 Å². The Bertz CT molecular complexity index is 996. The predicted molar refractivity (Wildman–Crippen MR) is 121 cm³/mol. The maximum absolute atomic E-state index is 11.0. The topological polar surface area (TPSA) is 124 Å². The van der Waals surface area contributed by atoms with E-state index in [-0.39, 0.29) is 24.3 Å². The summed E-state index contributed by atoms with van der Waals surface area (Å²) in [4.78, 5) is 6.22. The summed E-state index contributed by atoms with van der Waals surface area (Å²) in [5.41, 5.74) is 3.58. The number of benzene rings is 1. The van der Waals surface area contributed by atoms with Gasteiger partial charge in [0.1, 0.15) is 0 Å². The first kappa shape index (κ1) is 26.0. The molecule has 0 atom stereocenters. The van der Waals surface area contributed by atoms with Gasteiger partial charge in [0.05, 0.1) is 11.5 Å². The minimum absolute atomic E-state index is 0.244. The van der Waals surface area contributed by atoms with E-state index in [4.69, 9.17) is 9.11 Å². The quantitative estimate of drug-likeness (QED) is 0.213. The van der Waals surface area contributed by atoms with E-state index in [0.29, 0.717) is 18.8 Å². The first-order valence-corrected chi connectivity index (χ1v) is 12.7. The molecule has 30 heavy (non-hydrogen) atoms. The van der Waals surface area contributed by atoms with Crippen molar-refractivity contribution < 1.29 is 25.9 Å². The van der Waals surface area contributed by atoms with Crippen molar-refractivity contribution in [2.75, 3.05) is 29.5 Å². The first-order valence-electron chi connectivity index (χ1n) is 9.48. The Hall–Kier alpha value is -2.01. The summed E-state index contributed by atoms with van der Waals surface area (Å²) >= 11 is 0. The zero-order valence-corrected chi connectivity index (χ0v) is 19.2. The Kier molecular flexibility index (Phi) is 10.4. The highest BCUT2D eigenvalue weighted by Crippen LogP contribution is 2.23. The van der Waals surface area contributed by atoms with Crippen molar-refractivity contribution in [1.29, 1.82) is 0 Å². The molecular formula is C20H30N2O6S2. The van der Waals surface area contributed by atoms with Crippen LogP contribution in [0.5, 0.6) is 0 Å². The average Bonchev–Trinajstić information content (AvgIpc) is 2.61. The Labute approximate surface area is 179 Å². The van der Waals surface area contributed by atoms with Crippen molar-refractivity contribution in [2.45, 2.75) is 33.6 Å². The first-order chi connectivity index (χ1) is 13.9. The van der Waals surface area contributed by atoms with Crippen molar-refractivity contribution in [2.24, 2.45) is 4.99 Å². The molecule has 0 spiro atoms. The van der Waals surface area contributed by atoms with Crippen LogP contribution in [0.15, 0.2) is 53.2 Å². The molecule has 0 aliphatic heterocycles. The molecule has 8 nitrogen and oxygen atoms in total. The van der Waals surface area contributed by atoms with E-state index < -0.39 is 20.2 Å². The van der Waals surface area contributed by atoms with E-state index in [1.54, 1.807) is 13.0 Å². The second-order valence-electron chi connectivity index (χ2n) is 6.91. The summed E-state index contributed by atoms with van der Waals surface area (Å²) in [6, 6.07) is 7.75. The van der Waals surface area contributed by atoms with Crippen LogP contribution in [0.2, 0.25) is 0 Å². The summed E-state index contributed by atoms with van der Waals surface area (Å²) in [7, 11) is -7.98. The summed E-state index contributed by atoms with van der Waals surface area (Å²) < 4.78 is 61.2. The van der Waals surface area contributed by atoms with E-state index in [1.807, 2.05) is 55.2 Å². The standard InChI is InChI=1S/C20H30N2O6S2/c1-17-9-4-5-12-20(17)22(14-8-16-30(26,27)28)19(3)11-6-10-18(2)21-13-7-15-29(23,24)25/h4-6,9-12H,7-8,13-16H2,1-3H3,(H,23,24,25)(H,26,27,28)/b10-6+,19-11+,21-18?. The summed E-state index contributed by atoms with van der Waals surface area (Å²) in [5, 5.41) is 0. The molecule has 1 aromatic carbocycles. The van der Waals surface area contributed by atoms with Crippen LogP contribution in [-0.2, 0) is 20.2 Å². The van der Waals surface area contributed by atoms with Gasteiger partial charge < -0.3 is 4.90 Å². The van der Waals surface area contributed by atoms with E-state index in [1.165, 1.54) is 0 Å². The normalized spacial score (nSPS) is 13.8. The molecule has 10 heteroatoms. The number of aryl methyl sites for hydroxylation is 1. The van der Waals surface area contributed by atoms with Crippen molar-refractivity contribution in [3.05, 3.63) is 53.8 Å². The van der Waals surface area contributed by atoms with Crippen LogP contribution in [0, 0.1) is 6.92 Å². The van der Waals surface area contributed by atoms with Crippen LogP contribution in [-0.4, -0.2) is 56.2 Å². The van der Waals surface area contributed by atoms with E-state index in [9.17, 15) is 16.8 Å². The second-order valence-corrected chi connectivity index (χ2v) is 10.1. The van der Waals surface area contributed by atoms with Gasteiger partial charge in [0.2, 0.25) is 0 Å². The largest absolute Gasteiger partial charge is 0.345 e. The summed E-state index contributed by atoms with van der Waals surface area (Å²) in [5.74, 6) is -0.630. The fraction of sp³-hybridized carbons (Fsp3) is 0.450. The number of hydrogen-bond acceptors (Lipinski definition) is 6. The van der Waals surface area contributed by atoms with Crippen LogP contribution in [0.25, 0.3) is 0 Å². The Morgan fingerprint density at radius 2 is 1.63 bits per heavy atom. The third-order valence-corrected chi connectivity index (χ3v) is 5.82. The van der Waals surface area contributed by atoms with Gasteiger partial charge in [-0.2, -0.15) is 16.8 Å². The molecule has 0 unspecified atom stereocenters. The SMILES string of the molecule is CC(/C=C/C=C(\C)N(CCCS(=O)(=O)O)c1ccccc1C)=NCCCS(=O)(=O)O. The number of aliphatic imine (C=N–C) groups is 1. The Morgan fingerprint density at radius 1 is 1.03 bits per heavy atom. The monoisotopic (exact) mass is 458 g/mol. The molecule has 0 saturated heterocycles. The second kappa shape index (κ2) is 12.0. The number of allylic oxidation sites excluding steroid dienone is 4.